The summed E-state index contributed by atoms with van der Waals surface area (Å²) in [7, 11) is 0. The number of amides is 2. The minimum atomic E-state index is -1.23. The summed E-state index contributed by atoms with van der Waals surface area (Å²) in [6, 6.07) is 1.52. The SMILES string of the molecule is CCC(C)(NC(=O)NCc1sccc1C)C(=O)O. The Morgan fingerprint density at radius 3 is 2.61 bits per heavy atom. The van der Waals surface area contributed by atoms with Crippen LogP contribution in [-0.4, -0.2) is 22.6 Å². The fourth-order valence-corrected chi connectivity index (χ4v) is 2.18. The molecule has 100 valence electrons. The molecule has 0 saturated carbocycles. The molecule has 1 atom stereocenters. The first-order valence-electron chi connectivity index (χ1n) is 5.71. The van der Waals surface area contributed by atoms with Crippen molar-refractivity contribution in [3.63, 3.8) is 0 Å². The monoisotopic (exact) mass is 270 g/mol. The molecule has 2 amide bonds. The Labute approximate surface area is 110 Å². The molecule has 3 N–H and O–H groups in total. The quantitative estimate of drug-likeness (QED) is 0.766. The van der Waals surface area contributed by atoms with E-state index in [1.807, 2.05) is 18.4 Å². The van der Waals surface area contributed by atoms with Gasteiger partial charge in [0, 0.05) is 4.88 Å². The Morgan fingerprint density at radius 2 is 2.17 bits per heavy atom. The van der Waals surface area contributed by atoms with Crippen molar-refractivity contribution < 1.29 is 14.7 Å². The number of urea groups is 1. The third-order valence-electron chi connectivity index (χ3n) is 2.95. The van der Waals surface area contributed by atoms with Crippen LogP contribution in [0.4, 0.5) is 4.79 Å². The maximum atomic E-state index is 11.6. The highest BCUT2D eigenvalue weighted by Gasteiger charge is 2.32. The lowest BCUT2D eigenvalue weighted by molar-refractivity contribution is -0.143. The number of nitrogens with one attached hydrogen (secondary N) is 2. The fraction of sp³-hybridized carbons (Fsp3) is 0.500. The van der Waals surface area contributed by atoms with Crippen LogP contribution < -0.4 is 10.6 Å². The molecule has 1 unspecified atom stereocenters. The number of hydrogen-bond donors (Lipinski definition) is 3. The van der Waals surface area contributed by atoms with E-state index < -0.39 is 17.5 Å². The van der Waals surface area contributed by atoms with Gasteiger partial charge in [0.05, 0.1) is 6.54 Å². The Hall–Kier alpha value is -1.56. The molecule has 0 aliphatic carbocycles. The average Bonchev–Trinajstić information content (AvgIpc) is 2.72. The van der Waals surface area contributed by atoms with Gasteiger partial charge in [0.25, 0.3) is 0 Å². The summed E-state index contributed by atoms with van der Waals surface area (Å²) < 4.78 is 0. The summed E-state index contributed by atoms with van der Waals surface area (Å²) in [5.41, 5.74) is -0.106. The fourth-order valence-electron chi connectivity index (χ4n) is 1.33. The topological polar surface area (TPSA) is 78.4 Å². The number of hydrogen-bond acceptors (Lipinski definition) is 3. The van der Waals surface area contributed by atoms with Gasteiger partial charge in [-0.1, -0.05) is 6.92 Å². The molecule has 5 nitrogen and oxygen atoms in total. The van der Waals surface area contributed by atoms with Crippen molar-refractivity contribution in [2.45, 2.75) is 39.3 Å². The van der Waals surface area contributed by atoms with Crippen molar-refractivity contribution in [3.8, 4) is 0 Å². The minimum absolute atomic E-state index is 0.327. The number of carbonyl (C=O) groups excluding carboxylic acids is 1. The first-order valence-corrected chi connectivity index (χ1v) is 6.59. The standard InChI is InChI=1S/C12H18N2O3S/c1-4-12(3,10(15)16)14-11(17)13-7-9-8(2)5-6-18-9/h5-6H,4,7H2,1-3H3,(H,15,16)(H2,13,14,17). The lowest BCUT2D eigenvalue weighted by atomic mass is 10.00. The van der Waals surface area contributed by atoms with Crippen LogP contribution in [0.1, 0.15) is 30.7 Å². The molecule has 0 aliphatic rings. The molecule has 0 aliphatic heterocycles. The van der Waals surface area contributed by atoms with Gasteiger partial charge in [0.1, 0.15) is 5.54 Å². The van der Waals surface area contributed by atoms with E-state index in [0.717, 1.165) is 10.4 Å². The highest BCUT2D eigenvalue weighted by atomic mass is 32.1. The molecule has 0 spiro atoms. The van der Waals surface area contributed by atoms with E-state index in [9.17, 15) is 9.59 Å². The first-order chi connectivity index (χ1) is 8.39. The van der Waals surface area contributed by atoms with E-state index in [4.69, 9.17) is 5.11 Å². The van der Waals surface area contributed by atoms with Gasteiger partial charge in [-0.3, -0.25) is 0 Å². The highest BCUT2D eigenvalue weighted by Crippen LogP contribution is 2.15. The second-order valence-corrected chi connectivity index (χ2v) is 5.33. The molecule has 1 rings (SSSR count). The summed E-state index contributed by atoms with van der Waals surface area (Å²) >= 11 is 1.56. The smallest absolute Gasteiger partial charge is 0.329 e. The number of aliphatic carboxylic acids is 1. The Kier molecular flexibility index (Phi) is 4.72. The van der Waals surface area contributed by atoms with Crippen molar-refractivity contribution in [3.05, 3.63) is 21.9 Å². The summed E-state index contributed by atoms with van der Waals surface area (Å²) in [4.78, 5) is 23.8. The van der Waals surface area contributed by atoms with E-state index >= 15 is 0 Å². The largest absolute Gasteiger partial charge is 0.480 e. The predicted molar refractivity (Wildman–Crippen MR) is 70.8 cm³/mol. The van der Waals surface area contributed by atoms with Crippen LogP contribution in [0.15, 0.2) is 11.4 Å². The van der Waals surface area contributed by atoms with Crippen LogP contribution in [0.5, 0.6) is 0 Å². The number of carbonyl (C=O) groups is 2. The summed E-state index contributed by atoms with van der Waals surface area (Å²) in [6.07, 6.45) is 0.327. The van der Waals surface area contributed by atoms with Crippen LogP contribution in [-0.2, 0) is 11.3 Å². The van der Waals surface area contributed by atoms with Gasteiger partial charge in [0.2, 0.25) is 0 Å². The van der Waals surface area contributed by atoms with E-state index in [1.165, 1.54) is 6.92 Å². The van der Waals surface area contributed by atoms with E-state index in [2.05, 4.69) is 10.6 Å². The lowest BCUT2D eigenvalue weighted by Crippen LogP contribution is -2.54. The third kappa shape index (κ3) is 3.46. The van der Waals surface area contributed by atoms with Crippen molar-refractivity contribution in [1.29, 1.82) is 0 Å². The number of carboxylic acids is 1. The number of aryl methyl sites for hydroxylation is 1. The molecular formula is C12H18N2O3S. The average molecular weight is 270 g/mol. The van der Waals surface area contributed by atoms with Gasteiger partial charge in [0.15, 0.2) is 0 Å². The molecule has 1 heterocycles. The van der Waals surface area contributed by atoms with Crippen LogP contribution >= 0.6 is 11.3 Å². The highest BCUT2D eigenvalue weighted by molar-refractivity contribution is 7.10. The van der Waals surface area contributed by atoms with Crippen molar-refractivity contribution in [1.82, 2.24) is 10.6 Å². The third-order valence-corrected chi connectivity index (χ3v) is 3.97. The van der Waals surface area contributed by atoms with Crippen molar-refractivity contribution in [2.75, 3.05) is 0 Å². The Balaban J connectivity index is 2.52. The van der Waals surface area contributed by atoms with Crippen molar-refractivity contribution >= 4 is 23.3 Å². The number of rotatable bonds is 5. The number of thiophene rings is 1. The van der Waals surface area contributed by atoms with Crippen molar-refractivity contribution in [2.24, 2.45) is 0 Å². The molecule has 18 heavy (non-hydrogen) atoms. The van der Waals surface area contributed by atoms with Gasteiger partial charge in [-0.15, -0.1) is 11.3 Å². The molecule has 1 aromatic rings. The normalized spacial score (nSPS) is 13.7. The summed E-state index contributed by atoms with van der Waals surface area (Å²) in [5, 5.41) is 16.1. The zero-order valence-corrected chi connectivity index (χ0v) is 11.6. The van der Waals surface area contributed by atoms with Gasteiger partial charge < -0.3 is 15.7 Å². The predicted octanol–water partition coefficient (Wildman–Crippen LogP) is 2.11. The van der Waals surface area contributed by atoms with Gasteiger partial charge in [-0.05, 0) is 37.3 Å². The van der Waals surface area contributed by atoms with Gasteiger partial charge in [-0.25, -0.2) is 9.59 Å². The number of carboxylic acid groups (broad SMARTS) is 1. The van der Waals surface area contributed by atoms with Crippen LogP contribution in [0.25, 0.3) is 0 Å². The van der Waals surface area contributed by atoms with E-state index in [-0.39, 0.29) is 0 Å². The van der Waals surface area contributed by atoms with Gasteiger partial charge >= 0.3 is 12.0 Å². The molecule has 0 saturated heterocycles. The van der Waals surface area contributed by atoms with E-state index in [1.54, 1.807) is 18.3 Å². The molecule has 0 radical (unpaired) electrons. The second kappa shape index (κ2) is 5.86. The molecule has 0 bridgehead atoms. The van der Waals surface area contributed by atoms with Crippen LogP contribution in [0.3, 0.4) is 0 Å². The molecular weight excluding hydrogens is 252 g/mol. The van der Waals surface area contributed by atoms with Crippen LogP contribution in [0.2, 0.25) is 0 Å². The first kappa shape index (κ1) is 14.5. The van der Waals surface area contributed by atoms with Gasteiger partial charge in [-0.2, -0.15) is 0 Å². The maximum Gasteiger partial charge on any atom is 0.329 e. The van der Waals surface area contributed by atoms with Crippen LogP contribution in [0, 0.1) is 6.92 Å². The lowest BCUT2D eigenvalue weighted by Gasteiger charge is -2.24. The zero-order chi connectivity index (χ0) is 13.8. The second-order valence-electron chi connectivity index (χ2n) is 4.33. The zero-order valence-electron chi connectivity index (χ0n) is 10.7. The van der Waals surface area contributed by atoms with E-state index in [0.29, 0.717) is 13.0 Å². The Morgan fingerprint density at radius 1 is 1.50 bits per heavy atom. The summed E-state index contributed by atoms with van der Waals surface area (Å²) in [5.74, 6) is -1.03. The molecule has 0 fully saturated rings. The molecule has 6 heteroatoms. The summed E-state index contributed by atoms with van der Waals surface area (Å²) in [6.45, 7) is 5.59. The molecule has 1 aromatic heterocycles. The maximum absolute atomic E-state index is 11.6. The molecule has 0 aromatic carbocycles. The minimum Gasteiger partial charge on any atom is -0.480 e. The Bertz CT molecular complexity index is 444.